The summed E-state index contributed by atoms with van der Waals surface area (Å²) in [6, 6.07) is 21.1. The maximum Gasteiger partial charge on any atom is 0.270 e. The van der Waals surface area contributed by atoms with Crippen LogP contribution in [-0.4, -0.2) is 23.7 Å². The van der Waals surface area contributed by atoms with Crippen LogP contribution in [0.3, 0.4) is 0 Å². The molecule has 0 bridgehead atoms. The van der Waals surface area contributed by atoms with Crippen molar-refractivity contribution in [3.05, 3.63) is 89.0 Å². The Kier molecular flexibility index (Phi) is 5.13. The molecule has 0 N–H and O–H groups in total. The maximum atomic E-state index is 13.5. The van der Waals surface area contributed by atoms with Crippen LogP contribution in [-0.2, 0) is 9.59 Å². The summed E-state index contributed by atoms with van der Waals surface area (Å²) >= 11 is 12.0. The van der Waals surface area contributed by atoms with E-state index in [1.807, 2.05) is 12.1 Å². The molecule has 8 heteroatoms. The number of anilines is 2. The molecule has 0 aliphatic carbocycles. The number of thiocarbonyl (C=S) groups is 1. The smallest absolute Gasteiger partial charge is 0.270 e. The van der Waals surface area contributed by atoms with Gasteiger partial charge in [0.1, 0.15) is 5.57 Å². The van der Waals surface area contributed by atoms with Crippen molar-refractivity contribution >= 4 is 58.2 Å². The number of fused-ring (bicyclic) bond motifs is 1. The van der Waals surface area contributed by atoms with Crippen molar-refractivity contribution in [3.8, 4) is 11.5 Å². The molecule has 1 saturated heterocycles. The van der Waals surface area contributed by atoms with Gasteiger partial charge in [0.15, 0.2) is 16.6 Å². The van der Waals surface area contributed by atoms with Crippen LogP contribution < -0.4 is 19.3 Å². The van der Waals surface area contributed by atoms with Crippen LogP contribution in [0.15, 0.2) is 78.4 Å². The first-order valence-corrected chi connectivity index (χ1v) is 10.5. The monoisotopic (exact) mass is 462 g/mol. The Hall–Kier alpha value is -3.68. The summed E-state index contributed by atoms with van der Waals surface area (Å²) < 4.78 is 10.7. The van der Waals surface area contributed by atoms with E-state index in [9.17, 15) is 9.59 Å². The topological polar surface area (TPSA) is 59.1 Å². The SMILES string of the molecule is O=C1C(=Cc2cc3c(cc2Cl)OCO3)C(=O)N(c2ccccc2)C(=S)N1c1ccccc1. The third kappa shape index (κ3) is 3.41. The fourth-order valence-electron chi connectivity index (χ4n) is 3.54. The van der Waals surface area contributed by atoms with Crippen LogP contribution in [0.4, 0.5) is 11.4 Å². The zero-order valence-corrected chi connectivity index (χ0v) is 18.1. The zero-order valence-electron chi connectivity index (χ0n) is 16.5. The number of carbonyl (C=O) groups is 2. The van der Waals surface area contributed by atoms with Crippen molar-refractivity contribution in [1.29, 1.82) is 0 Å². The van der Waals surface area contributed by atoms with Crippen molar-refractivity contribution in [3.63, 3.8) is 0 Å². The van der Waals surface area contributed by atoms with Gasteiger partial charge < -0.3 is 9.47 Å². The standard InChI is InChI=1S/C24H15ClN2O4S/c25-19-13-21-20(30-14-31-21)12-15(19)11-18-22(28)26(16-7-3-1-4-8-16)24(32)27(23(18)29)17-9-5-2-6-10-17/h1-13H,14H2. The van der Waals surface area contributed by atoms with Gasteiger partial charge in [-0.1, -0.05) is 48.0 Å². The molecule has 0 unspecified atom stereocenters. The van der Waals surface area contributed by atoms with Gasteiger partial charge in [0.2, 0.25) is 6.79 Å². The minimum atomic E-state index is -0.535. The van der Waals surface area contributed by atoms with Gasteiger partial charge in [-0.05, 0) is 54.2 Å². The van der Waals surface area contributed by atoms with Crippen molar-refractivity contribution < 1.29 is 19.1 Å². The molecule has 0 radical (unpaired) electrons. The molecule has 0 aromatic heterocycles. The predicted octanol–water partition coefficient (Wildman–Crippen LogP) is 4.82. The second-order valence-electron chi connectivity index (χ2n) is 7.02. The third-order valence-corrected chi connectivity index (χ3v) is 5.76. The Morgan fingerprint density at radius 2 is 1.31 bits per heavy atom. The van der Waals surface area contributed by atoms with Gasteiger partial charge in [-0.3, -0.25) is 19.4 Å². The highest BCUT2D eigenvalue weighted by atomic mass is 35.5. The van der Waals surface area contributed by atoms with E-state index in [1.54, 1.807) is 60.7 Å². The number of nitrogens with zero attached hydrogens (tertiary/aromatic N) is 2. The van der Waals surface area contributed by atoms with Crippen molar-refractivity contribution in [2.24, 2.45) is 0 Å². The second-order valence-corrected chi connectivity index (χ2v) is 7.79. The Balaban J connectivity index is 1.66. The fraction of sp³-hybridized carbons (Fsp3) is 0.0417. The first-order valence-electron chi connectivity index (χ1n) is 9.68. The summed E-state index contributed by atoms with van der Waals surface area (Å²) in [6.07, 6.45) is 1.46. The third-order valence-electron chi connectivity index (χ3n) is 5.07. The lowest BCUT2D eigenvalue weighted by Gasteiger charge is -2.36. The van der Waals surface area contributed by atoms with Crippen LogP contribution in [0.25, 0.3) is 6.08 Å². The molecule has 2 amide bonds. The highest BCUT2D eigenvalue weighted by Crippen LogP contribution is 2.38. The van der Waals surface area contributed by atoms with Gasteiger partial charge in [-0.15, -0.1) is 0 Å². The van der Waals surface area contributed by atoms with E-state index in [4.69, 9.17) is 33.3 Å². The van der Waals surface area contributed by atoms with Crippen molar-refractivity contribution in [2.75, 3.05) is 16.6 Å². The lowest BCUT2D eigenvalue weighted by molar-refractivity contribution is -0.120. The fourth-order valence-corrected chi connectivity index (χ4v) is 4.12. The van der Waals surface area contributed by atoms with Gasteiger partial charge >= 0.3 is 0 Å². The molecule has 158 valence electrons. The number of amides is 2. The van der Waals surface area contributed by atoms with E-state index in [0.717, 1.165) is 0 Å². The largest absolute Gasteiger partial charge is 0.454 e. The van der Waals surface area contributed by atoms with E-state index in [2.05, 4.69) is 0 Å². The number of rotatable bonds is 3. The van der Waals surface area contributed by atoms with Crippen LogP contribution in [0.5, 0.6) is 11.5 Å². The summed E-state index contributed by atoms with van der Waals surface area (Å²) in [5.41, 5.74) is 1.49. The number of ether oxygens (including phenoxy) is 2. The van der Waals surface area contributed by atoms with Gasteiger partial charge in [-0.25, -0.2) is 0 Å². The average Bonchev–Trinajstić information content (AvgIpc) is 3.25. The molecule has 2 heterocycles. The predicted molar refractivity (Wildman–Crippen MR) is 126 cm³/mol. The Labute approximate surface area is 194 Å². The summed E-state index contributed by atoms with van der Waals surface area (Å²) in [7, 11) is 0. The van der Waals surface area contributed by atoms with E-state index in [-0.39, 0.29) is 17.5 Å². The molecule has 2 aliphatic heterocycles. The Bertz CT molecular complexity index is 1210. The lowest BCUT2D eigenvalue weighted by atomic mass is 10.0. The second kappa shape index (κ2) is 8.11. The zero-order chi connectivity index (χ0) is 22.2. The molecule has 3 aromatic carbocycles. The highest BCUT2D eigenvalue weighted by Gasteiger charge is 2.41. The number of para-hydroxylation sites is 2. The quantitative estimate of drug-likeness (QED) is 0.317. The van der Waals surface area contributed by atoms with Gasteiger partial charge in [-0.2, -0.15) is 0 Å². The summed E-state index contributed by atoms with van der Waals surface area (Å²) in [5.74, 6) is -0.0667. The number of halogens is 1. The van der Waals surface area contributed by atoms with Gasteiger partial charge in [0.25, 0.3) is 11.8 Å². The molecule has 1 fully saturated rings. The molecule has 0 atom stereocenters. The summed E-state index contributed by atoms with van der Waals surface area (Å²) in [4.78, 5) is 29.7. The molecule has 5 rings (SSSR count). The van der Waals surface area contributed by atoms with Crippen molar-refractivity contribution in [1.82, 2.24) is 0 Å². The lowest BCUT2D eigenvalue weighted by Crippen LogP contribution is -2.56. The summed E-state index contributed by atoms with van der Waals surface area (Å²) in [5, 5.41) is 0.402. The maximum absolute atomic E-state index is 13.5. The normalized spacial score (nSPS) is 15.4. The molecule has 6 nitrogen and oxygen atoms in total. The highest BCUT2D eigenvalue weighted by molar-refractivity contribution is 7.81. The number of carbonyl (C=O) groups excluding carboxylic acids is 2. The minimum Gasteiger partial charge on any atom is -0.454 e. The molecular formula is C24H15ClN2O4S. The molecule has 3 aromatic rings. The number of hydrogen-bond acceptors (Lipinski definition) is 5. The van der Waals surface area contributed by atoms with Crippen LogP contribution in [0.2, 0.25) is 5.02 Å². The first kappa shape index (κ1) is 20.2. The summed E-state index contributed by atoms with van der Waals surface area (Å²) in [6.45, 7) is 0.0847. The van der Waals surface area contributed by atoms with Crippen LogP contribution >= 0.6 is 23.8 Å². The minimum absolute atomic E-state index is 0.0753. The van der Waals surface area contributed by atoms with Crippen LogP contribution in [0, 0.1) is 0 Å². The van der Waals surface area contributed by atoms with E-state index < -0.39 is 11.8 Å². The molecular weight excluding hydrogens is 448 g/mol. The molecule has 2 aliphatic rings. The first-order chi connectivity index (χ1) is 15.5. The molecule has 0 saturated carbocycles. The van der Waals surface area contributed by atoms with Gasteiger partial charge in [0, 0.05) is 6.07 Å². The molecule has 0 spiro atoms. The number of hydrogen-bond donors (Lipinski definition) is 0. The van der Waals surface area contributed by atoms with E-state index in [0.29, 0.717) is 33.5 Å². The van der Waals surface area contributed by atoms with E-state index >= 15 is 0 Å². The Morgan fingerprint density at radius 3 is 1.84 bits per heavy atom. The van der Waals surface area contributed by atoms with Gasteiger partial charge in [0.05, 0.1) is 16.4 Å². The average molecular weight is 463 g/mol. The van der Waals surface area contributed by atoms with E-state index in [1.165, 1.54) is 15.9 Å². The molecule has 32 heavy (non-hydrogen) atoms. The number of benzene rings is 3. The Morgan fingerprint density at radius 1 is 0.812 bits per heavy atom. The van der Waals surface area contributed by atoms with Crippen molar-refractivity contribution in [2.45, 2.75) is 0 Å². The van der Waals surface area contributed by atoms with Crippen LogP contribution in [0.1, 0.15) is 5.56 Å².